The average molecular weight is 443 g/mol. The third-order valence-corrected chi connectivity index (χ3v) is 6.62. The fraction of sp³-hybridized carbons (Fsp3) is 0.259. The Morgan fingerprint density at radius 2 is 1.36 bits per heavy atom. The fourth-order valence-corrected chi connectivity index (χ4v) is 4.99. The van der Waals surface area contributed by atoms with Gasteiger partial charge in [0.1, 0.15) is 12.6 Å². The van der Waals surface area contributed by atoms with Crippen molar-refractivity contribution in [1.82, 2.24) is 9.80 Å². The molecule has 0 spiro atoms. The summed E-state index contributed by atoms with van der Waals surface area (Å²) in [4.78, 5) is 28.3. The van der Waals surface area contributed by atoms with Crippen molar-refractivity contribution in [2.75, 3.05) is 32.8 Å². The first-order valence-electron chi connectivity index (χ1n) is 11.2. The number of hydrogen-bond acceptors (Lipinski definition) is 4. The van der Waals surface area contributed by atoms with E-state index in [-0.39, 0.29) is 18.6 Å². The number of ether oxygens (including phenoxy) is 1. The van der Waals surface area contributed by atoms with Gasteiger partial charge in [-0.25, -0.2) is 4.79 Å². The number of fused-ring (bicyclic) bond motifs is 3. The molecule has 1 fully saturated rings. The van der Waals surface area contributed by atoms with Gasteiger partial charge < -0.3 is 14.7 Å². The van der Waals surface area contributed by atoms with Crippen LogP contribution in [0.1, 0.15) is 28.7 Å². The first-order valence-corrected chi connectivity index (χ1v) is 11.2. The molecule has 0 saturated carbocycles. The van der Waals surface area contributed by atoms with Gasteiger partial charge in [0, 0.05) is 32.1 Å². The number of carbonyl (C=O) groups excluding carboxylic acids is 1. The first-order chi connectivity index (χ1) is 16.1. The predicted octanol–water partition coefficient (Wildman–Crippen LogP) is 4.38. The van der Waals surface area contributed by atoms with Crippen molar-refractivity contribution < 1.29 is 19.4 Å². The predicted molar refractivity (Wildman–Crippen MR) is 125 cm³/mol. The number of aliphatic carboxylic acids is 1. The van der Waals surface area contributed by atoms with Crippen molar-refractivity contribution in [3.8, 4) is 11.1 Å². The SMILES string of the molecule is O=C(O)C(c1ccccc1)N1CCN(C(=O)OCC2c3ccccc3-c3ccccc32)CC1. The normalized spacial score (nSPS) is 16.7. The molecule has 5 rings (SSSR count). The second-order valence-corrected chi connectivity index (χ2v) is 8.48. The summed E-state index contributed by atoms with van der Waals surface area (Å²) < 4.78 is 5.76. The fourth-order valence-electron chi connectivity index (χ4n) is 4.99. The minimum atomic E-state index is -0.879. The lowest BCUT2D eigenvalue weighted by molar-refractivity contribution is -0.144. The molecule has 3 aromatic carbocycles. The van der Waals surface area contributed by atoms with Gasteiger partial charge in [0.05, 0.1) is 0 Å². The monoisotopic (exact) mass is 442 g/mol. The van der Waals surface area contributed by atoms with Crippen molar-refractivity contribution in [2.24, 2.45) is 0 Å². The van der Waals surface area contributed by atoms with E-state index in [1.807, 2.05) is 59.5 Å². The quantitative estimate of drug-likeness (QED) is 0.635. The highest BCUT2D eigenvalue weighted by atomic mass is 16.6. The molecule has 1 unspecified atom stereocenters. The van der Waals surface area contributed by atoms with Crippen molar-refractivity contribution in [3.63, 3.8) is 0 Å². The summed E-state index contributed by atoms with van der Waals surface area (Å²) in [6.07, 6.45) is -0.344. The Morgan fingerprint density at radius 1 is 0.818 bits per heavy atom. The van der Waals surface area contributed by atoms with Gasteiger partial charge in [-0.1, -0.05) is 78.9 Å². The van der Waals surface area contributed by atoms with Crippen LogP contribution >= 0.6 is 0 Å². The van der Waals surface area contributed by atoms with Crippen LogP contribution in [-0.2, 0) is 9.53 Å². The lowest BCUT2D eigenvalue weighted by Crippen LogP contribution is -2.51. The molecule has 6 nitrogen and oxygen atoms in total. The largest absolute Gasteiger partial charge is 0.480 e. The molecule has 2 aliphatic rings. The Labute approximate surface area is 193 Å². The van der Waals surface area contributed by atoms with Gasteiger partial charge in [0.2, 0.25) is 0 Å². The molecule has 0 bridgehead atoms. The number of rotatable bonds is 5. The average Bonchev–Trinajstić information content (AvgIpc) is 3.17. The van der Waals surface area contributed by atoms with Crippen molar-refractivity contribution >= 4 is 12.1 Å². The number of amides is 1. The summed E-state index contributed by atoms with van der Waals surface area (Å²) in [5.74, 6) is -0.854. The molecule has 1 atom stereocenters. The van der Waals surface area contributed by atoms with E-state index in [4.69, 9.17) is 4.74 Å². The molecule has 1 heterocycles. The topological polar surface area (TPSA) is 70.1 Å². The highest BCUT2D eigenvalue weighted by molar-refractivity contribution is 5.79. The van der Waals surface area contributed by atoms with Gasteiger partial charge in [-0.3, -0.25) is 9.69 Å². The summed E-state index contributed by atoms with van der Waals surface area (Å²) in [6, 6.07) is 25.0. The molecule has 1 N–H and O–H groups in total. The summed E-state index contributed by atoms with van der Waals surface area (Å²) >= 11 is 0. The van der Waals surface area contributed by atoms with Crippen LogP contribution in [-0.4, -0.2) is 59.8 Å². The van der Waals surface area contributed by atoms with Crippen LogP contribution in [0.15, 0.2) is 78.9 Å². The number of carboxylic acid groups (broad SMARTS) is 1. The Balaban J connectivity index is 1.22. The van der Waals surface area contributed by atoms with E-state index in [1.165, 1.54) is 22.3 Å². The van der Waals surface area contributed by atoms with E-state index in [9.17, 15) is 14.7 Å². The Kier molecular flexibility index (Phi) is 5.84. The summed E-state index contributed by atoms with van der Waals surface area (Å²) in [6.45, 7) is 2.13. The number of hydrogen-bond donors (Lipinski definition) is 1. The Morgan fingerprint density at radius 3 is 1.94 bits per heavy atom. The number of carboxylic acids is 1. The Bertz CT molecular complexity index is 1110. The minimum absolute atomic E-state index is 0.0251. The Hall–Kier alpha value is -3.64. The van der Waals surface area contributed by atoms with Crippen LogP contribution < -0.4 is 0 Å². The van der Waals surface area contributed by atoms with Gasteiger partial charge >= 0.3 is 12.1 Å². The van der Waals surface area contributed by atoms with Crippen LogP contribution in [0.25, 0.3) is 11.1 Å². The number of benzene rings is 3. The summed E-state index contributed by atoms with van der Waals surface area (Å²) in [5.41, 5.74) is 5.51. The van der Waals surface area contributed by atoms with E-state index in [2.05, 4.69) is 24.3 Å². The minimum Gasteiger partial charge on any atom is -0.480 e. The van der Waals surface area contributed by atoms with Gasteiger partial charge in [-0.05, 0) is 27.8 Å². The molecular weight excluding hydrogens is 416 g/mol. The summed E-state index contributed by atoms with van der Waals surface area (Å²) in [7, 11) is 0. The van der Waals surface area contributed by atoms with Crippen LogP contribution in [0.3, 0.4) is 0 Å². The molecule has 168 valence electrons. The molecule has 1 saturated heterocycles. The van der Waals surface area contributed by atoms with Crippen LogP contribution in [0, 0.1) is 0 Å². The van der Waals surface area contributed by atoms with Crippen LogP contribution in [0.4, 0.5) is 4.79 Å². The lowest BCUT2D eigenvalue weighted by Gasteiger charge is -2.37. The molecule has 1 aliphatic carbocycles. The molecular formula is C27H26N2O4. The van der Waals surface area contributed by atoms with Crippen LogP contribution in [0.5, 0.6) is 0 Å². The van der Waals surface area contributed by atoms with Gasteiger partial charge in [0.25, 0.3) is 0 Å². The van der Waals surface area contributed by atoms with Gasteiger partial charge in [-0.2, -0.15) is 0 Å². The first kappa shape index (κ1) is 21.2. The highest BCUT2D eigenvalue weighted by Crippen LogP contribution is 2.44. The maximum atomic E-state index is 12.8. The van der Waals surface area contributed by atoms with E-state index >= 15 is 0 Å². The van der Waals surface area contributed by atoms with Gasteiger partial charge in [0.15, 0.2) is 0 Å². The number of piperazine rings is 1. The molecule has 33 heavy (non-hydrogen) atoms. The summed E-state index contributed by atoms with van der Waals surface area (Å²) in [5, 5.41) is 9.77. The van der Waals surface area contributed by atoms with E-state index in [0.29, 0.717) is 26.2 Å². The second-order valence-electron chi connectivity index (χ2n) is 8.48. The molecule has 3 aromatic rings. The molecule has 1 aliphatic heterocycles. The zero-order chi connectivity index (χ0) is 22.8. The zero-order valence-corrected chi connectivity index (χ0v) is 18.3. The van der Waals surface area contributed by atoms with Crippen molar-refractivity contribution in [3.05, 3.63) is 95.6 Å². The molecule has 1 amide bonds. The van der Waals surface area contributed by atoms with Gasteiger partial charge in [-0.15, -0.1) is 0 Å². The molecule has 0 radical (unpaired) electrons. The highest BCUT2D eigenvalue weighted by Gasteiger charge is 2.33. The number of nitrogens with zero attached hydrogens (tertiary/aromatic N) is 2. The van der Waals surface area contributed by atoms with E-state index < -0.39 is 12.0 Å². The number of carbonyl (C=O) groups is 2. The van der Waals surface area contributed by atoms with E-state index in [0.717, 1.165) is 5.56 Å². The third-order valence-electron chi connectivity index (χ3n) is 6.62. The van der Waals surface area contributed by atoms with Crippen LogP contribution in [0.2, 0.25) is 0 Å². The van der Waals surface area contributed by atoms with Crippen molar-refractivity contribution in [1.29, 1.82) is 0 Å². The smallest absolute Gasteiger partial charge is 0.409 e. The molecule has 0 aromatic heterocycles. The zero-order valence-electron chi connectivity index (χ0n) is 18.3. The van der Waals surface area contributed by atoms with Crippen molar-refractivity contribution in [2.45, 2.75) is 12.0 Å². The third kappa shape index (κ3) is 4.10. The van der Waals surface area contributed by atoms with E-state index in [1.54, 1.807) is 4.90 Å². The lowest BCUT2D eigenvalue weighted by atomic mass is 9.98. The maximum Gasteiger partial charge on any atom is 0.409 e. The molecule has 6 heteroatoms. The maximum absolute atomic E-state index is 12.8. The second kappa shape index (κ2) is 9.08. The standard InChI is InChI=1S/C27H26N2O4/c30-26(31)25(19-8-2-1-3-9-19)28-14-16-29(17-15-28)27(32)33-18-24-22-12-6-4-10-20(22)21-11-5-7-13-23(21)24/h1-13,24-25H,14-18H2,(H,30,31).